The van der Waals surface area contributed by atoms with Gasteiger partial charge < -0.3 is 9.47 Å². The summed E-state index contributed by atoms with van der Waals surface area (Å²) in [7, 11) is 3.04. The Morgan fingerprint density at radius 2 is 1.96 bits per heavy atom. The lowest BCUT2D eigenvalue weighted by atomic mass is 10.1. The number of hydrogen-bond acceptors (Lipinski definition) is 6. The summed E-state index contributed by atoms with van der Waals surface area (Å²) in [5.74, 6) is 0.741. The molecule has 0 heterocycles. The van der Waals surface area contributed by atoms with E-state index in [0.717, 1.165) is 5.56 Å². The molecule has 0 spiro atoms. The largest absolute Gasteiger partial charge is 0.493 e. The van der Waals surface area contributed by atoms with Crippen LogP contribution in [0.25, 0.3) is 0 Å². The van der Waals surface area contributed by atoms with Crippen LogP contribution in [0.2, 0.25) is 5.02 Å². The fourth-order valence-electron chi connectivity index (χ4n) is 2.14. The zero-order valence-electron chi connectivity index (χ0n) is 14.1. The number of rotatable bonds is 7. The van der Waals surface area contributed by atoms with Gasteiger partial charge in [-0.15, -0.1) is 0 Å². The van der Waals surface area contributed by atoms with E-state index in [1.165, 1.54) is 32.6 Å². The maximum atomic E-state index is 12.0. The van der Waals surface area contributed by atoms with E-state index < -0.39 is 4.92 Å². The molecule has 9 heteroatoms. The minimum Gasteiger partial charge on any atom is -0.493 e. The van der Waals surface area contributed by atoms with Gasteiger partial charge in [0.05, 0.1) is 31.8 Å². The second-order valence-corrected chi connectivity index (χ2v) is 5.53. The molecule has 0 radical (unpaired) electrons. The lowest BCUT2D eigenvalue weighted by molar-refractivity contribution is -0.384. The number of nitrogens with one attached hydrogen (secondary N) is 1. The molecule has 0 bridgehead atoms. The number of hydrazone groups is 1. The van der Waals surface area contributed by atoms with Gasteiger partial charge in [-0.25, -0.2) is 5.43 Å². The molecule has 0 saturated heterocycles. The topological polar surface area (TPSA) is 103 Å². The van der Waals surface area contributed by atoms with Crippen molar-refractivity contribution in [2.75, 3.05) is 14.2 Å². The van der Waals surface area contributed by atoms with Gasteiger partial charge in [-0.05, 0) is 23.8 Å². The molecule has 0 unspecified atom stereocenters. The quantitative estimate of drug-likeness (QED) is 0.454. The Bertz CT molecular complexity index is 854. The summed E-state index contributed by atoms with van der Waals surface area (Å²) >= 11 is 5.74. The second-order valence-electron chi connectivity index (χ2n) is 5.13. The maximum absolute atomic E-state index is 12.0. The van der Waals surface area contributed by atoms with E-state index in [4.69, 9.17) is 21.1 Å². The summed E-state index contributed by atoms with van der Waals surface area (Å²) in [6.07, 6.45) is 1.38. The monoisotopic (exact) mass is 377 g/mol. The van der Waals surface area contributed by atoms with Crippen LogP contribution in [0.15, 0.2) is 41.5 Å². The molecule has 0 aliphatic heterocycles. The van der Waals surface area contributed by atoms with Crippen molar-refractivity contribution in [2.45, 2.75) is 6.42 Å². The number of halogens is 1. The summed E-state index contributed by atoms with van der Waals surface area (Å²) in [5.41, 5.74) is 3.29. The molecule has 8 nitrogen and oxygen atoms in total. The average molecular weight is 378 g/mol. The molecule has 2 aromatic rings. The third-order valence-electron chi connectivity index (χ3n) is 3.38. The van der Waals surface area contributed by atoms with E-state index in [9.17, 15) is 14.9 Å². The molecule has 0 atom stereocenters. The zero-order valence-corrected chi connectivity index (χ0v) is 14.8. The van der Waals surface area contributed by atoms with Crippen LogP contribution in [0.4, 0.5) is 5.69 Å². The molecular weight excluding hydrogens is 362 g/mol. The predicted octanol–water partition coefficient (Wildman–Crippen LogP) is 2.96. The Balaban J connectivity index is 1.99. The first-order valence-corrected chi connectivity index (χ1v) is 7.79. The van der Waals surface area contributed by atoms with Gasteiger partial charge in [-0.3, -0.25) is 14.9 Å². The van der Waals surface area contributed by atoms with Gasteiger partial charge in [0, 0.05) is 11.6 Å². The smallest absolute Gasteiger partial charge is 0.288 e. The highest BCUT2D eigenvalue weighted by atomic mass is 35.5. The van der Waals surface area contributed by atoms with Crippen molar-refractivity contribution in [3.63, 3.8) is 0 Å². The number of carbonyl (C=O) groups is 1. The zero-order chi connectivity index (χ0) is 19.1. The van der Waals surface area contributed by atoms with Crippen molar-refractivity contribution in [2.24, 2.45) is 5.10 Å². The van der Waals surface area contributed by atoms with Crippen LogP contribution in [-0.2, 0) is 11.2 Å². The van der Waals surface area contributed by atoms with Crippen molar-refractivity contribution < 1.29 is 19.2 Å². The van der Waals surface area contributed by atoms with E-state index in [0.29, 0.717) is 17.1 Å². The number of benzene rings is 2. The van der Waals surface area contributed by atoms with Crippen LogP contribution in [-0.4, -0.2) is 31.3 Å². The number of nitro benzene ring substituents is 1. The molecule has 1 amide bonds. The fraction of sp³-hybridized carbons (Fsp3) is 0.176. The lowest BCUT2D eigenvalue weighted by Gasteiger charge is -2.09. The number of carbonyl (C=O) groups excluding carboxylic acids is 1. The molecule has 0 saturated carbocycles. The third kappa shape index (κ3) is 4.93. The number of nitro groups is 1. The van der Waals surface area contributed by atoms with Crippen molar-refractivity contribution >= 4 is 29.4 Å². The highest BCUT2D eigenvalue weighted by Crippen LogP contribution is 2.27. The first-order chi connectivity index (χ1) is 12.4. The van der Waals surface area contributed by atoms with Crippen LogP contribution < -0.4 is 14.9 Å². The highest BCUT2D eigenvalue weighted by molar-refractivity contribution is 6.32. The maximum Gasteiger partial charge on any atom is 0.288 e. The first kappa shape index (κ1) is 19.2. The number of ether oxygens (including phenoxy) is 2. The first-order valence-electron chi connectivity index (χ1n) is 7.41. The van der Waals surface area contributed by atoms with Gasteiger partial charge in [-0.2, -0.15) is 5.10 Å². The van der Waals surface area contributed by atoms with Crippen LogP contribution in [0.5, 0.6) is 11.5 Å². The van der Waals surface area contributed by atoms with Gasteiger partial charge in [0.15, 0.2) is 11.5 Å². The van der Waals surface area contributed by atoms with Crippen molar-refractivity contribution in [1.29, 1.82) is 0 Å². The van der Waals surface area contributed by atoms with Crippen LogP contribution in [0.3, 0.4) is 0 Å². The molecule has 0 aliphatic rings. The Hall–Kier alpha value is -3.13. The number of amides is 1. The molecule has 0 aromatic heterocycles. The fourth-order valence-corrected chi connectivity index (χ4v) is 2.33. The summed E-state index contributed by atoms with van der Waals surface area (Å²) in [6.45, 7) is 0. The highest BCUT2D eigenvalue weighted by Gasteiger charge is 2.12. The molecule has 2 aromatic carbocycles. The number of hydrogen-bond donors (Lipinski definition) is 1. The standard InChI is InChI=1S/C17H16ClN3O5/c1-25-15-6-4-11(8-16(15)26-2)9-17(22)20-19-10-12-3-5-13(18)14(7-12)21(23)24/h3-8,10H,9H2,1-2H3,(H,20,22)/b19-10+. The SMILES string of the molecule is COc1ccc(CC(=O)N/N=C/c2ccc(Cl)c([N+](=O)[O-])c2)cc1OC. The Morgan fingerprint density at radius 3 is 2.62 bits per heavy atom. The van der Waals surface area contributed by atoms with Crippen molar-refractivity contribution in [1.82, 2.24) is 5.43 Å². The number of nitrogens with zero attached hydrogens (tertiary/aromatic N) is 2. The third-order valence-corrected chi connectivity index (χ3v) is 3.70. The molecule has 2 rings (SSSR count). The summed E-state index contributed by atoms with van der Waals surface area (Å²) in [4.78, 5) is 22.2. The van der Waals surface area contributed by atoms with Crippen LogP contribution >= 0.6 is 11.6 Å². The lowest BCUT2D eigenvalue weighted by Crippen LogP contribution is -2.19. The van der Waals surface area contributed by atoms with E-state index in [1.54, 1.807) is 24.3 Å². The molecule has 0 aliphatic carbocycles. The van der Waals surface area contributed by atoms with Crippen LogP contribution in [0.1, 0.15) is 11.1 Å². The predicted molar refractivity (Wildman–Crippen MR) is 97.1 cm³/mol. The Morgan fingerprint density at radius 1 is 1.23 bits per heavy atom. The van der Waals surface area contributed by atoms with Crippen LogP contribution in [0, 0.1) is 10.1 Å². The van der Waals surface area contributed by atoms with E-state index in [-0.39, 0.29) is 23.0 Å². The van der Waals surface area contributed by atoms with E-state index in [1.807, 2.05) is 0 Å². The second kappa shape index (κ2) is 8.82. The van der Waals surface area contributed by atoms with Crippen molar-refractivity contribution in [3.05, 3.63) is 62.7 Å². The molecular formula is C17H16ClN3O5. The summed E-state index contributed by atoms with van der Waals surface area (Å²) in [5, 5.41) is 14.7. The molecule has 26 heavy (non-hydrogen) atoms. The summed E-state index contributed by atoms with van der Waals surface area (Å²) < 4.78 is 10.3. The Kier molecular flexibility index (Phi) is 6.51. The minimum absolute atomic E-state index is 0.0321. The number of methoxy groups -OCH3 is 2. The van der Waals surface area contributed by atoms with Gasteiger partial charge in [-0.1, -0.05) is 23.7 Å². The average Bonchev–Trinajstić information content (AvgIpc) is 2.62. The van der Waals surface area contributed by atoms with Gasteiger partial charge in [0.25, 0.3) is 5.69 Å². The molecule has 0 fully saturated rings. The van der Waals surface area contributed by atoms with E-state index in [2.05, 4.69) is 10.5 Å². The van der Waals surface area contributed by atoms with Gasteiger partial charge in [0.1, 0.15) is 5.02 Å². The van der Waals surface area contributed by atoms with Gasteiger partial charge >= 0.3 is 0 Å². The minimum atomic E-state index is -0.588. The van der Waals surface area contributed by atoms with Gasteiger partial charge in [0.2, 0.25) is 5.91 Å². The summed E-state index contributed by atoms with van der Waals surface area (Å²) in [6, 6.07) is 9.37. The normalized spacial score (nSPS) is 10.6. The molecule has 1 N–H and O–H groups in total. The molecule has 136 valence electrons. The van der Waals surface area contributed by atoms with E-state index >= 15 is 0 Å². The van der Waals surface area contributed by atoms with Crippen molar-refractivity contribution in [3.8, 4) is 11.5 Å². The Labute approximate surface area is 154 Å².